The molecule has 0 aliphatic heterocycles. The van der Waals surface area contributed by atoms with Gasteiger partial charge in [-0.15, -0.1) is 0 Å². The van der Waals surface area contributed by atoms with Crippen LogP contribution in [0.2, 0.25) is 0 Å². The molecule has 1 saturated carbocycles. The molecule has 0 radical (unpaired) electrons. The highest BCUT2D eigenvalue weighted by atomic mass is 15.2. The van der Waals surface area contributed by atoms with Crippen LogP contribution in [0.5, 0.6) is 0 Å². The highest BCUT2D eigenvalue weighted by Crippen LogP contribution is 2.53. The van der Waals surface area contributed by atoms with Crippen LogP contribution in [0.25, 0.3) is 21.9 Å². The molecule has 2 heterocycles. The van der Waals surface area contributed by atoms with Gasteiger partial charge in [-0.3, -0.25) is 4.98 Å². The zero-order chi connectivity index (χ0) is 14.6. The molecule has 0 spiro atoms. The standard InChI is InChI=1S/C17H20N4/c1-11(2)17(7-8-17)10-21-15-12-5-3-4-6-13(12)19-9-14(15)20-16(21)18/h3-6,9,11H,7-8,10H2,1-2H3,(H2,18,20). The van der Waals surface area contributed by atoms with Crippen LogP contribution >= 0.6 is 0 Å². The van der Waals surface area contributed by atoms with Crippen molar-refractivity contribution in [2.75, 3.05) is 5.73 Å². The molecule has 0 bridgehead atoms. The summed E-state index contributed by atoms with van der Waals surface area (Å²) in [5.74, 6) is 1.28. The third kappa shape index (κ3) is 1.82. The van der Waals surface area contributed by atoms with Crippen molar-refractivity contribution in [1.82, 2.24) is 14.5 Å². The zero-order valence-electron chi connectivity index (χ0n) is 12.5. The maximum Gasteiger partial charge on any atom is 0.201 e. The van der Waals surface area contributed by atoms with Gasteiger partial charge in [-0.2, -0.15) is 0 Å². The van der Waals surface area contributed by atoms with Crippen molar-refractivity contribution in [3.63, 3.8) is 0 Å². The monoisotopic (exact) mass is 280 g/mol. The van der Waals surface area contributed by atoms with Crippen molar-refractivity contribution in [3.8, 4) is 0 Å². The number of rotatable bonds is 3. The SMILES string of the molecule is CC(C)C1(Cn2c(N)nc3cnc4ccccc4c32)CC1. The van der Waals surface area contributed by atoms with Crippen LogP contribution in [-0.2, 0) is 6.54 Å². The Morgan fingerprint density at radius 2 is 2.00 bits per heavy atom. The van der Waals surface area contributed by atoms with Gasteiger partial charge in [-0.05, 0) is 30.2 Å². The van der Waals surface area contributed by atoms with E-state index >= 15 is 0 Å². The topological polar surface area (TPSA) is 56.7 Å². The van der Waals surface area contributed by atoms with E-state index in [2.05, 4.69) is 34.4 Å². The molecule has 1 aliphatic carbocycles. The van der Waals surface area contributed by atoms with Crippen molar-refractivity contribution in [2.24, 2.45) is 11.3 Å². The molecule has 4 rings (SSSR count). The molecule has 0 saturated heterocycles. The van der Waals surface area contributed by atoms with Crippen LogP contribution in [0.15, 0.2) is 30.5 Å². The van der Waals surface area contributed by atoms with E-state index in [0.717, 1.165) is 28.5 Å². The number of benzene rings is 1. The average molecular weight is 280 g/mol. The smallest absolute Gasteiger partial charge is 0.201 e. The number of nitrogens with two attached hydrogens (primary N) is 1. The normalized spacial score (nSPS) is 16.9. The van der Waals surface area contributed by atoms with E-state index in [1.807, 2.05) is 24.4 Å². The number of pyridine rings is 1. The Labute approximate surface area is 124 Å². The van der Waals surface area contributed by atoms with Crippen LogP contribution < -0.4 is 5.73 Å². The molecule has 3 aromatic rings. The second kappa shape index (κ2) is 4.20. The Balaban J connectivity index is 1.95. The summed E-state index contributed by atoms with van der Waals surface area (Å²) in [6.07, 6.45) is 4.40. The van der Waals surface area contributed by atoms with Crippen LogP contribution in [-0.4, -0.2) is 14.5 Å². The summed E-state index contributed by atoms with van der Waals surface area (Å²) in [7, 11) is 0. The first-order valence-electron chi connectivity index (χ1n) is 7.60. The molecule has 4 nitrogen and oxygen atoms in total. The lowest BCUT2D eigenvalue weighted by Crippen LogP contribution is -2.19. The Morgan fingerprint density at radius 1 is 1.24 bits per heavy atom. The van der Waals surface area contributed by atoms with E-state index in [1.54, 1.807) is 0 Å². The number of imidazole rings is 1. The summed E-state index contributed by atoms with van der Waals surface area (Å²) in [6.45, 7) is 5.57. The molecule has 1 aliphatic rings. The lowest BCUT2D eigenvalue weighted by Gasteiger charge is -2.21. The number of nitrogen functional groups attached to an aromatic ring is 1. The third-order valence-electron chi connectivity index (χ3n) is 5.10. The second-order valence-electron chi connectivity index (χ2n) is 6.58. The maximum absolute atomic E-state index is 6.20. The summed E-state index contributed by atoms with van der Waals surface area (Å²) >= 11 is 0. The molecule has 2 N–H and O–H groups in total. The summed E-state index contributed by atoms with van der Waals surface area (Å²) in [5.41, 5.74) is 9.62. The fourth-order valence-electron chi connectivity index (χ4n) is 3.33. The number of anilines is 1. The Kier molecular flexibility index (Phi) is 2.52. The summed E-state index contributed by atoms with van der Waals surface area (Å²) in [4.78, 5) is 8.99. The average Bonchev–Trinajstić information content (AvgIpc) is 3.19. The van der Waals surface area contributed by atoms with E-state index < -0.39 is 0 Å². The Morgan fingerprint density at radius 3 is 2.71 bits per heavy atom. The minimum absolute atomic E-state index is 0.395. The molecule has 0 atom stereocenters. The van der Waals surface area contributed by atoms with Crippen LogP contribution in [0.1, 0.15) is 26.7 Å². The number of hydrogen-bond acceptors (Lipinski definition) is 3. The largest absolute Gasteiger partial charge is 0.369 e. The number of fused-ring (bicyclic) bond motifs is 3. The first-order chi connectivity index (χ1) is 10.1. The van der Waals surface area contributed by atoms with E-state index in [-0.39, 0.29) is 0 Å². The van der Waals surface area contributed by atoms with E-state index in [0.29, 0.717) is 17.3 Å². The van der Waals surface area contributed by atoms with Gasteiger partial charge in [0.1, 0.15) is 5.52 Å². The number of nitrogens with zero attached hydrogens (tertiary/aromatic N) is 3. The van der Waals surface area contributed by atoms with Crippen molar-refractivity contribution in [1.29, 1.82) is 0 Å². The van der Waals surface area contributed by atoms with Gasteiger partial charge in [0.2, 0.25) is 5.95 Å². The molecule has 4 heteroatoms. The third-order valence-corrected chi connectivity index (χ3v) is 5.10. The van der Waals surface area contributed by atoms with Crippen molar-refractivity contribution >= 4 is 27.9 Å². The van der Waals surface area contributed by atoms with Crippen molar-refractivity contribution in [3.05, 3.63) is 30.5 Å². The molecule has 108 valence electrons. The predicted molar refractivity (Wildman–Crippen MR) is 86.0 cm³/mol. The second-order valence-corrected chi connectivity index (χ2v) is 6.58. The predicted octanol–water partition coefficient (Wildman–Crippen LogP) is 3.60. The van der Waals surface area contributed by atoms with Gasteiger partial charge < -0.3 is 10.3 Å². The van der Waals surface area contributed by atoms with Crippen LogP contribution in [0.4, 0.5) is 5.95 Å². The lowest BCUT2D eigenvalue weighted by molar-refractivity contribution is 0.314. The highest BCUT2D eigenvalue weighted by Gasteiger charge is 2.46. The highest BCUT2D eigenvalue weighted by molar-refractivity contribution is 6.02. The molecular formula is C17H20N4. The van der Waals surface area contributed by atoms with Gasteiger partial charge in [-0.1, -0.05) is 32.0 Å². The van der Waals surface area contributed by atoms with Gasteiger partial charge in [0.15, 0.2) is 0 Å². The molecule has 21 heavy (non-hydrogen) atoms. The molecule has 1 aromatic carbocycles. The molecule has 0 amide bonds. The van der Waals surface area contributed by atoms with Crippen LogP contribution in [0, 0.1) is 11.3 Å². The van der Waals surface area contributed by atoms with Gasteiger partial charge in [0.25, 0.3) is 0 Å². The van der Waals surface area contributed by atoms with E-state index in [1.165, 1.54) is 12.8 Å². The fraction of sp³-hybridized carbons (Fsp3) is 0.412. The van der Waals surface area contributed by atoms with Gasteiger partial charge in [0, 0.05) is 11.9 Å². The molecular weight excluding hydrogens is 260 g/mol. The minimum atomic E-state index is 0.395. The number of aromatic nitrogens is 3. The minimum Gasteiger partial charge on any atom is -0.369 e. The van der Waals surface area contributed by atoms with Crippen molar-refractivity contribution < 1.29 is 0 Å². The molecule has 0 unspecified atom stereocenters. The number of hydrogen-bond donors (Lipinski definition) is 1. The zero-order valence-corrected chi connectivity index (χ0v) is 12.5. The van der Waals surface area contributed by atoms with Crippen molar-refractivity contribution in [2.45, 2.75) is 33.2 Å². The fourth-order valence-corrected chi connectivity index (χ4v) is 3.33. The van der Waals surface area contributed by atoms with E-state index in [9.17, 15) is 0 Å². The Bertz CT molecular complexity index is 827. The van der Waals surface area contributed by atoms with Gasteiger partial charge >= 0.3 is 0 Å². The molecule has 1 fully saturated rings. The summed E-state index contributed by atoms with van der Waals surface area (Å²) in [6, 6.07) is 8.21. The van der Waals surface area contributed by atoms with Gasteiger partial charge in [-0.25, -0.2) is 4.98 Å². The summed E-state index contributed by atoms with van der Waals surface area (Å²) < 4.78 is 2.20. The first kappa shape index (κ1) is 12.6. The quantitative estimate of drug-likeness (QED) is 0.797. The molecule has 2 aromatic heterocycles. The number of para-hydroxylation sites is 1. The maximum atomic E-state index is 6.20. The van der Waals surface area contributed by atoms with E-state index in [4.69, 9.17) is 5.73 Å². The summed E-state index contributed by atoms with van der Waals surface area (Å²) in [5, 5.41) is 1.14. The first-order valence-corrected chi connectivity index (χ1v) is 7.60. The van der Waals surface area contributed by atoms with Gasteiger partial charge in [0.05, 0.1) is 17.2 Å². The Hall–Kier alpha value is -2.10. The lowest BCUT2D eigenvalue weighted by atomic mass is 9.92. The van der Waals surface area contributed by atoms with Crippen LogP contribution in [0.3, 0.4) is 0 Å².